The minimum atomic E-state index is 0. The number of rotatable bonds is 1. The first-order valence-corrected chi connectivity index (χ1v) is 4.38. The summed E-state index contributed by atoms with van der Waals surface area (Å²) in [5, 5.41) is 0. The summed E-state index contributed by atoms with van der Waals surface area (Å²) in [6.07, 6.45) is 1.14. The molecule has 1 aromatic carbocycles. The molecule has 0 heterocycles. The van der Waals surface area contributed by atoms with Crippen LogP contribution in [0.3, 0.4) is 0 Å². The predicted octanol–water partition coefficient (Wildman–Crippen LogP) is 4.22. The molecule has 0 fully saturated rings. The van der Waals surface area contributed by atoms with Gasteiger partial charge in [-0.3, -0.25) is 0 Å². The first-order valence-electron chi connectivity index (χ1n) is 4.38. The van der Waals surface area contributed by atoms with E-state index in [0.717, 1.165) is 6.42 Å². The molecule has 12 heavy (non-hydrogen) atoms. The molecule has 70 valence electrons. The summed E-state index contributed by atoms with van der Waals surface area (Å²) < 4.78 is 0. The molecule has 0 saturated heterocycles. The topological polar surface area (TPSA) is 0 Å². The van der Waals surface area contributed by atoms with Crippen LogP contribution in [0.15, 0.2) is 24.3 Å². The van der Waals surface area contributed by atoms with E-state index in [9.17, 15) is 0 Å². The highest BCUT2D eigenvalue weighted by Gasteiger charge is 1.85. The van der Waals surface area contributed by atoms with E-state index in [4.69, 9.17) is 0 Å². The molecule has 0 amide bonds. The van der Waals surface area contributed by atoms with Crippen LogP contribution >= 0.6 is 0 Å². The SMILES string of the molecule is C.CC.CCc1cccc(C)c1. The Balaban J connectivity index is 0. The average Bonchev–Trinajstić information content (AvgIpc) is 2.08. The Bertz CT molecular complexity index is 189. The summed E-state index contributed by atoms with van der Waals surface area (Å²) in [6, 6.07) is 8.61. The predicted molar refractivity (Wildman–Crippen MR) is 58.6 cm³/mol. The molecule has 0 nitrogen and oxygen atoms in total. The van der Waals surface area contributed by atoms with Gasteiger partial charge in [-0.2, -0.15) is 0 Å². The van der Waals surface area contributed by atoms with Gasteiger partial charge in [0.1, 0.15) is 0 Å². The highest BCUT2D eigenvalue weighted by Crippen LogP contribution is 2.03. The second-order valence-electron chi connectivity index (χ2n) is 2.34. The molecule has 0 aliphatic carbocycles. The van der Waals surface area contributed by atoms with E-state index in [1.54, 1.807) is 0 Å². The summed E-state index contributed by atoms with van der Waals surface area (Å²) in [5.41, 5.74) is 2.78. The third kappa shape index (κ3) is 4.95. The summed E-state index contributed by atoms with van der Waals surface area (Å²) in [4.78, 5) is 0. The van der Waals surface area contributed by atoms with E-state index in [1.807, 2.05) is 13.8 Å². The molecule has 0 N–H and O–H groups in total. The molecular weight excluding hydrogens is 144 g/mol. The Morgan fingerprint density at radius 1 is 1.17 bits per heavy atom. The molecule has 0 spiro atoms. The Morgan fingerprint density at radius 2 is 1.75 bits per heavy atom. The second-order valence-corrected chi connectivity index (χ2v) is 2.34. The second kappa shape index (κ2) is 8.32. The zero-order valence-corrected chi connectivity index (χ0v) is 8.02. The first-order chi connectivity index (χ1) is 5.33. The van der Waals surface area contributed by atoms with Crippen LogP contribution in [0.4, 0.5) is 0 Å². The maximum absolute atomic E-state index is 2.22. The number of hydrogen-bond donors (Lipinski definition) is 0. The van der Waals surface area contributed by atoms with Gasteiger partial charge in [-0.25, -0.2) is 0 Å². The lowest BCUT2D eigenvalue weighted by molar-refractivity contribution is 1.13. The maximum Gasteiger partial charge on any atom is -0.0307 e. The fourth-order valence-electron chi connectivity index (χ4n) is 0.932. The van der Waals surface area contributed by atoms with Crippen molar-refractivity contribution in [3.8, 4) is 0 Å². The van der Waals surface area contributed by atoms with E-state index in [-0.39, 0.29) is 7.43 Å². The van der Waals surface area contributed by atoms with Crippen molar-refractivity contribution in [3.63, 3.8) is 0 Å². The third-order valence-corrected chi connectivity index (χ3v) is 1.49. The molecule has 0 aromatic heterocycles. The molecule has 1 rings (SSSR count). The molecule has 0 aliphatic heterocycles. The van der Waals surface area contributed by atoms with Crippen LogP contribution in [0.2, 0.25) is 0 Å². The van der Waals surface area contributed by atoms with Crippen LogP contribution < -0.4 is 0 Å². The molecule has 0 heteroatoms. The van der Waals surface area contributed by atoms with Crippen LogP contribution in [0.25, 0.3) is 0 Å². The molecule has 0 radical (unpaired) electrons. The van der Waals surface area contributed by atoms with Crippen molar-refractivity contribution in [1.29, 1.82) is 0 Å². The van der Waals surface area contributed by atoms with Gasteiger partial charge in [0.15, 0.2) is 0 Å². The first kappa shape index (κ1) is 13.8. The monoisotopic (exact) mass is 166 g/mol. The zero-order valence-electron chi connectivity index (χ0n) is 8.02. The van der Waals surface area contributed by atoms with Crippen molar-refractivity contribution < 1.29 is 0 Å². The fraction of sp³-hybridized carbons (Fsp3) is 0.500. The summed E-state index contributed by atoms with van der Waals surface area (Å²) in [6.45, 7) is 8.30. The largest absolute Gasteiger partial charge is 0.0776 e. The van der Waals surface area contributed by atoms with Crippen molar-refractivity contribution in [2.75, 3.05) is 0 Å². The zero-order chi connectivity index (χ0) is 8.69. The van der Waals surface area contributed by atoms with Gasteiger partial charge in [0.2, 0.25) is 0 Å². The van der Waals surface area contributed by atoms with Gasteiger partial charge in [-0.1, -0.05) is 58.0 Å². The van der Waals surface area contributed by atoms with Gasteiger partial charge in [0.05, 0.1) is 0 Å². The van der Waals surface area contributed by atoms with E-state index in [2.05, 4.69) is 38.1 Å². The Hall–Kier alpha value is -0.780. The van der Waals surface area contributed by atoms with Crippen molar-refractivity contribution in [1.82, 2.24) is 0 Å². The lowest BCUT2D eigenvalue weighted by atomic mass is 10.1. The van der Waals surface area contributed by atoms with Crippen LogP contribution in [0, 0.1) is 6.92 Å². The van der Waals surface area contributed by atoms with E-state index >= 15 is 0 Å². The summed E-state index contributed by atoms with van der Waals surface area (Å²) >= 11 is 0. The van der Waals surface area contributed by atoms with Crippen LogP contribution in [-0.2, 0) is 6.42 Å². The Kier molecular flexibility index (Phi) is 9.56. The van der Waals surface area contributed by atoms with E-state index in [0.29, 0.717) is 0 Å². The van der Waals surface area contributed by atoms with Gasteiger partial charge >= 0.3 is 0 Å². The van der Waals surface area contributed by atoms with Crippen molar-refractivity contribution in [2.45, 2.75) is 41.5 Å². The molecule has 0 aliphatic rings. The van der Waals surface area contributed by atoms with Crippen LogP contribution in [0.5, 0.6) is 0 Å². The average molecular weight is 166 g/mol. The molecule has 1 aromatic rings. The standard InChI is InChI=1S/C9H12.C2H6.CH4/c1-3-9-6-4-5-8(2)7-9;1-2;/h4-7H,3H2,1-2H3;1-2H3;1H4. The lowest BCUT2D eigenvalue weighted by Crippen LogP contribution is -1.78. The lowest BCUT2D eigenvalue weighted by Gasteiger charge is -1.95. The minimum Gasteiger partial charge on any atom is -0.0776 e. The molecule has 0 bridgehead atoms. The van der Waals surface area contributed by atoms with Gasteiger partial charge in [-0.05, 0) is 18.9 Å². The Labute approximate surface area is 77.6 Å². The third-order valence-electron chi connectivity index (χ3n) is 1.49. The minimum absolute atomic E-state index is 0. The maximum atomic E-state index is 2.22. The number of hydrogen-bond acceptors (Lipinski definition) is 0. The van der Waals surface area contributed by atoms with E-state index < -0.39 is 0 Å². The smallest absolute Gasteiger partial charge is 0.0307 e. The summed E-state index contributed by atoms with van der Waals surface area (Å²) in [7, 11) is 0. The van der Waals surface area contributed by atoms with Crippen LogP contribution in [-0.4, -0.2) is 0 Å². The van der Waals surface area contributed by atoms with Crippen molar-refractivity contribution >= 4 is 0 Å². The van der Waals surface area contributed by atoms with E-state index in [1.165, 1.54) is 11.1 Å². The van der Waals surface area contributed by atoms with Gasteiger partial charge in [0, 0.05) is 0 Å². The van der Waals surface area contributed by atoms with Gasteiger partial charge in [-0.15, -0.1) is 0 Å². The fourth-order valence-corrected chi connectivity index (χ4v) is 0.932. The molecule has 0 atom stereocenters. The molecule has 0 unspecified atom stereocenters. The Morgan fingerprint density at radius 3 is 2.08 bits per heavy atom. The molecular formula is C12H22. The quantitative estimate of drug-likeness (QED) is 0.586. The number of benzene rings is 1. The number of aryl methyl sites for hydroxylation is 2. The van der Waals surface area contributed by atoms with Crippen molar-refractivity contribution in [2.24, 2.45) is 0 Å². The summed E-state index contributed by atoms with van der Waals surface area (Å²) in [5.74, 6) is 0. The van der Waals surface area contributed by atoms with Crippen molar-refractivity contribution in [3.05, 3.63) is 35.4 Å². The highest BCUT2D eigenvalue weighted by molar-refractivity contribution is 5.21. The molecule has 0 saturated carbocycles. The van der Waals surface area contributed by atoms with Gasteiger partial charge < -0.3 is 0 Å². The van der Waals surface area contributed by atoms with Crippen LogP contribution in [0.1, 0.15) is 39.3 Å². The highest BCUT2D eigenvalue weighted by atomic mass is 13.9. The van der Waals surface area contributed by atoms with Gasteiger partial charge in [0.25, 0.3) is 0 Å². The normalized spacial score (nSPS) is 7.67.